The Balaban J connectivity index is 2.94. The molecule has 1 aliphatic rings. The maximum atomic E-state index is 11.2. The minimum atomic E-state index is -1.46. The van der Waals surface area contributed by atoms with Gasteiger partial charge in [0.1, 0.15) is 12.7 Å². The lowest BCUT2D eigenvalue weighted by Crippen LogP contribution is -2.64. The summed E-state index contributed by atoms with van der Waals surface area (Å²) in [6.07, 6.45) is -4.67. The Hall–Kier alpha value is -1.71. The van der Waals surface area contributed by atoms with E-state index in [0.29, 0.717) is 0 Å². The van der Waals surface area contributed by atoms with Crippen LogP contribution in [0.1, 0.15) is 20.8 Å². The first-order valence-corrected chi connectivity index (χ1v) is 6.29. The molecular weight excluding hydrogens is 286 g/mol. The smallest absolute Gasteiger partial charge is 0.303 e. The zero-order chi connectivity index (χ0) is 16.2. The van der Waals surface area contributed by atoms with Gasteiger partial charge in [0.2, 0.25) is 0 Å². The number of carbonyl (C=O) groups is 3. The van der Waals surface area contributed by atoms with E-state index in [4.69, 9.17) is 24.7 Å². The van der Waals surface area contributed by atoms with Crippen LogP contribution in [0.3, 0.4) is 0 Å². The molecule has 0 aromatic carbocycles. The maximum absolute atomic E-state index is 11.2. The van der Waals surface area contributed by atoms with Crippen LogP contribution in [0.2, 0.25) is 0 Å². The van der Waals surface area contributed by atoms with Crippen LogP contribution in [0.4, 0.5) is 0 Å². The van der Waals surface area contributed by atoms with Crippen molar-refractivity contribution in [3.8, 4) is 0 Å². The van der Waals surface area contributed by atoms with Gasteiger partial charge in [-0.15, -0.1) is 0 Å². The van der Waals surface area contributed by atoms with Crippen molar-refractivity contribution in [3.63, 3.8) is 0 Å². The highest BCUT2D eigenvalue weighted by atomic mass is 16.7. The van der Waals surface area contributed by atoms with Crippen molar-refractivity contribution in [1.82, 2.24) is 0 Å². The van der Waals surface area contributed by atoms with Crippen molar-refractivity contribution in [2.45, 2.75) is 51.4 Å². The molecule has 0 amide bonds. The number of rotatable bonds is 4. The highest BCUT2D eigenvalue weighted by Crippen LogP contribution is 2.24. The minimum Gasteiger partial charge on any atom is -0.463 e. The van der Waals surface area contributed by atoms with Crippen molar-refractivity contribution in [3.05, 3.63) is 0 Å². The van der Waals surface area contributed by atoms with E-state index in [1.54, 1.807) is 0 Å². The van der Waals surface area contributed by atoms with Crippen LogP contribution >= 0.6 is 0 Å². The molecule has 0 spiro atoms. The third kappa shape index (κ3) is 4.96. The van der Waals surface area contributed by atoms with Gasteiger partial charge in [-0.1, -0.05) is 0 Å². The molecule has 1 aliphatic heterocycles. The summed E-state index contributed by atoms with van der Waals surface area (Å²) in [5.41, 5.74) is 5.70. The Labute approximate surface area is 121 Å². The molecule has 0 aliphatic carbocycles. The fourth-order valence-corrected chi connectivity index (χ4v) is 1.95. The number of aliphatic hydroxyl groups excluding tert-OH is 1. The Morgan fingerprint density at radius 2 is 1.57 bits per heavy atom. The molecule has 5 atom stereocenters. The molecule has 1 heterocycles. The lowest BCUT2D eigenvalue weighted by molar-refractivity contribution is -0.260. The predicted molar refractivity (Wildman–Crippen MR) is 66.6 cm³/mol. The van der Waals surface area contributed by atoms with Crippen molar-refractivity contribution in [2.24, 2.45) is 5.73 Å². The Kier molecular flexibility index (Phi) is 6.06. The van der Waals surface area contributed by atoms with Crippen molar-refractivity contribution < 1.29 is 38.4 Å². The number of aliphatic hydroxyl groups is 1. The molecule has 0 aromatic heterocycles. The van der Waals surface area contributed by atoms with Gasteiger partial charge in [0, 0.05) is 20.8 Å². The van der Waals surface area contributed by atoms with Gasteiger partial charge < -0.3 is 29.8 Å². The third-order valence-electron chi connectivity index (χ3n) is 2.77. The van der Waals surface area contributed by atoms with E-state index in [0.717, 1.165) is 13.8 Å². The van der Waals surface area contributed by atoms with E-state index in [1.807, 2.05) is 0 Å². The van der Waals surface area contributed by atoms with Gasteiger partial charge in [-0.2, -0.15) is 0 Å². The zero-order valence-electron chi connectivity index (χ0n) is 12.0. The number of carbonyl (C=O) groups excluding carboxylic acids is 3. The summed E-state index contributed by atoms with van der Waals surface area (Å²) in [6, 6.07) is -1.10. The first-order valence-electron chi connectivity index (χ1n) is 6.29. The quantitative estimate of drug-likeness (QED) is 0.468. The number of hydrogen-bond acceptors (Lipinski definition) is 9. The first kappa shape index (κ1) is 17.3. The fraction of sp³-hybridized carbons (Fsp3) is 0.750. The summed E-state index contributed by atoms with van der Waals surface area (Å²) in [7, 11) is 0. The molecule has 3 N–H and O–H groups in total. The Bertz CT molecular complexity index is 412. The molecule has 1 rings (SSSR count). The van der Waals surface area contributed by atoms with Gasteiger partial charge in [0.15, 0.2) is 18.5 Å². The Morgan fingerprint density at radius 3 is 2.05 bits per heavy atom. The molecule has 9 nitrogen and oxygen atoms in total. The topological polar surface area (TPSA) is 134 Å². The van der Waals surface area contributed by atoms with E-state index in [1.165, 1.54) is 6.92 Å². The van der Waals surface area contributed by atoms with Crippen LogP contribution < -0.4 is 5.73 Å². The van der Waals surface area contributed by atoms with E-state index in [9.17, 15) is 19.5 Å². The second-order valence-corrected chi connectivity index (χ2v) is 4.59. The third-order valence-corrected chi connectivity index (χ3v) is 2.77. The molecule has 9 heteroatoms. The van der Waals surface area contributed by atoms with Gasteiger partial charge in [0.05, 0.1) is 6.04 Å². The maximum Gasteiger partial charge on any atom is 0.303 e. The highest BCUT2D eigenvalue weighted by Gasteiger charge is 2.48. The van der Waals surface area contributed by atoms with Crippen molar-refractivity contribution in [2.75, 3.05) is 6.61 Å². The molecule has 0 aromatic rings. The molecule has 120 valence electrons. The van der Waals surface area contributed by atoms with Crippen LogP contribution in [-0.4, -0.2) is 60.3 Å². The number of nitrogens with two attached hydrogens (primary N) is 1. The molecule has 0 saturated carbocycles. The lowest BCUT2D eigenvalue weighted by Gasteiger charge is -2.41. The van der Waals surface area contributed by atoms with Crippen molar-refractivity contribution in [1.29, 1.82) is 0 Å². The van der Waals surface area contributed by atoms with Crippen LogP contribution in [0.15, 0.2) is 0 Å². The van der Waals surface area contributed by atoms with Crippen LogP contribution in [0.5, 0.6) is 0 Å². The van der Waals surface area contributed by atoms with E-state index < -0.39 is 48.6 Å². The van der Waals surface area contributed by atoms with E-state index in [-0.39, 0.29) is 6.61 Å². The van der Waals surface area contributed by atoms with Gasteiger partial charge in [-0.25, -0.2) is 0 Å². The number of esters is 3. The van der Waals surface area contributed by atoms with E-state index in [2.05, 4.69) is 0 Å². The molecule has 0 radical (unpaired) electrons. The largest absolute Gasteiger partial charge is 0.463 e. The normalized spacial score (nSPS) is 32.1. The van der Waals surface area contributed by atoms with Gasteiger partial charge in [-0.3, -0.25) is 14.4 Å². The van der Waals surface area contributed by atoms with Crippen molar-refractivity contribution >= 4 is 17.9 Å². The summed E-state index contributed by atoms with van der Waals surface area (Å²) in [4.78, 5) is 33.2. The van der Waals surface area contributed by atoms with Crippen LogP contribution in [0, 0.1) is 0 Å². The molecule has 1 fully saturated rings. The van der Waals surface area contributed by atoms with Gasteiger partial charge in [0.25, 0.3) is 0 Å². The standard InChI is InChI=1S/C12H19NO8/c1-5(14)18-4-8-10(19-6(2)15)11(20-7(3)16)9(13)12(17)21-8/h8-12,17H,4,13H2,1-3H3/t8-,9+,10-,11-,12-/m0/s1. The second-order valence-electron chi connectivity index (χ2n) is 4.59. The number of ether oxygens (including phenoxy) is 4. The minimum absolute atomic E-state index is 0.283. The first-order chi connectivity index (χ1) is 9.72. The average molecular weight is 305 g/mol. The monoisotopic (exact) mass is 305 g/mol. The lowest BCUT2D eigenvalue weighted by atomic mass is 9.97. The van der Waals surface area contributed by atoms with Crippen LogP contribution in [-0.2, 0) is 33.3 Å². The van der Waals surface area contributed by atoms with Gasteiger partial charge in [-0.05, 0) is 0 Å². The second kappa shape index (κ2) is 7.34. The molecule has 0 bridgehead atoms. The zero-order valence-corrected chi connectivity index (χ0v) is 12.0. The summed E-state index contributed by atoms with van der Waals surface area (Å²) >= 11 is 0. The number of hydrogen-bond donors (Lipinski definition) is 2. The van der Waals surface area contributed by atoms with E-state index >= 15 is 0 Å². The molecule has 1 saturated heterocycles. The summed E-state index contributed by atoms with van der Waals surface area (Å²) < 4.78 is 20.0. The average Bonchev–Trinajstić information content (AvgIpc) is 2.35. The summed E-state index contributed by atoms with van der Waals surface area (Å²) in [6.45, 7) is 3.22. The highest BCUT2D eigenvalue weighted by molar-refractivity contribution is 5.67. The predicted octanol–water partition coefficient (Wildman–Crippen LogP) is -1.54. The van der Waals surface area contributed by atoms with Crippen LogP contribution in [0.25, 0.3) is 0 Å². The summed E-state index contributed by atoms with van der Waals surface area (Å²) in [5.74, 6) is -1.89. The fourth-order valence-electron chi connectivity index (χ4n) is 1.95. The summed E-state index contributed by atoms with van der Waals surface area (Å²) in [5, 5.41) is 9.73. The molecular formula is C12H19NO8. The Morgan fingerprint density at radius 1 is 1.05 bits per heavy atom. The SMILES string of the molecule is CC(=O)OC[C@@H]1O[C@H](O)[C@H](N)[C@H](OC(C)=O)[C@H]1OC(C)=O. The van der Waals surface area contributed by atoms with Gasteiger partial charge >= 0.3 is 17.9 Å². The molecule has 21 heavy (non-hydrogen) atoms. The molecule has 0 unspecified atom stereocenters.